The number of methoxy groups -OCH3 is 1. The lowest BCUT2D eigenvalue weighted by Crippen LogP contribution is -2.43. The number of nitrogens with one attached hydrogen (secondary N) is 1. The van der Waals surface area contributed by atoms with E-state index in [0.29, 0.717) is 17.0 Å². The molecule has 31 heavy (non-hydrogen) atoms. The van der Waals surface area contributed by atoms with Crippen LogP contribution in [0.4, 0.5) is 0 Å². The number of aromatic nitrogens is 3. The normalized spacial score (nSPS) is 16.5. The van der Waals surface area contributed by atoms with Gasteiger partial charge >= 0.3 is 0 Å². The van der Waals surface area contributed by atoms with E-state index in [2.05, 4.69) is 15.4 Å². The number of nitrogens with zero attached hydrogens (tertiary/aromatic N) is 4. The molecule has 1 N–H and O–H groups in total. The second-order valence-corrected chi connectivity index (χ2v) is 9.22. The van der Waals surface area contributed by atoms with Gasteiger partial charge in [-0.15, -0.1) is 0 Å². The summed E-state index contributed by atoms with van der Waals surface area (Å²) in [6.07, 6.45) is 3.41. The molecule has 0 fully saturated rings. The Kier molecular flexibility index (Phi) is 5.75. The van der Waals surface area contributed by atoms with Gasteiger partial charge in [-0.1, -0.05) is 6.07 Å². The van der Waals surface area contributed by atoms with Crippen molar-refractivity contribution in [1.29, 1.82) is 0 Å². The molecule has 1 atom stereocenters. The van der Waals surface area contributed by atoms with Crippen LogP contribution < -0.4 is 10.1 Å². The summed E-state index contributed by atoms with van der Waals surface area (Å²) in [5.74, 6) is -0.444. The molecule has 1 amide bonds. The fourth-order valence-electron chi connectivity index (χ4n) is 3.61. The number of rotatable bonds is 6. The van der Waals surface area contributed by atoms with Crippen molar-refractivity contribution in [3.8, 4) is 5.75 Å². The van der Waals surface area contributed by atoms with Crippen molar-refractivity contribution in [3.63, 3.8) is 0 Å². The zero-order chi connectivity index (χ0) is 22.0. The number of ether oxygens (including phenoxy) is 1. The Balaban J connectivity index is 1.59. The van der Waals surface area contributed by atoms with Crippen LogP contribution in [0.2, 0.25) is 0 Å². The van der Waals surface area contributed by atoms with E-state index >= 15 is 0 Å². The molecule has 0 spiro atoms. The summed E-state index contributed by atoms with van der Waals surface area (Å²) in [6, 6.07) is 11.7. The van der Waals surface area contributed by atoms with Gasteiger partial charge in [-0.05, 0) is 36.4 Å². The molecule has 1 aliphatic heterocycles. The predicted molar refractivity (Wildman–Crippen MR) is 113 cm³/mol. The molecule has 4 rings (SSSR count). The molecular formula is C21H23N5O4S. The average Bonchev–Trinajstić information content (AvgIpc) is 3.17. The van der Waals surface area contributed by atoms with Crippen LogP contribution in [0.5, 0.6) is 5.75 Å². The van der Waals surface area contributed by atoms with Gasteiger partial charge in [0, 0.05) is 38.1 Å². The van der Waals surface area contributed by atoms with Crippen molar-refractivity contribution in [2.75, 3.05) is 13.7 Å². The van der Waals surface area contributed by atoms with Gasteiger partial charge in [-0.2, -0.15) is 9.40 Å². The second kappa shape index (κ2) is 8.48. The monoisotopic (exact) mass is 441 g/mol. The van der Waals surface area contributed by atoms with Crippen LogP contribution in [-0.2, 0) is 35.0 Å². The van der Waals surface area contributed by atoms with Crippen LogP contribution in [0.3, 0.4) is 0 Å². The predicted octanol–water partition coefficient (Wildman–Crippen LogP) is 1.43. The minimum atomic E-state index is -3.81. The van der Waals surface area contributed by atoms with Crippen molar-refractivity contribution < 1.29 is 17.9 Å². The van der Waals surface area contributed by atoms with Gasteiger partial charge in [0.15, 0.2) is 0 Å². The number of sulfonamides is 1. The van der Waals surface area contributed by atoms with Crippen LogP contribution >= 0.6 is 0 Å². The van der Waals surface area contributed by atoms with E-state index in [-0.39, 0.29) is 30.4 Å². The molecule has 0 radical (unpaired) electrons. The van der Waals surface area contributed by atoms with Crippen molar-refractivity contribution >= 4 is 15.9 Å². The lowest BCUT2D eigenvalue weighted by atomic mass is 9.97. The number of hydrogen-bond acceptors (Lipinski definition) is 6. The van der Waals surface area contributed by atoms with E-state index < -0.39 is 15.9 Å². The maximum Gasteiger partial charge on any atom is 0.243 e. The third-order valence-corrected chi connectivity index (χ3v) is 7.01. The number of amides is 1. The van der Waals surface area contributed by atoms with Gasteiger partial charge < -0.3 is 10.1 Å². The summed E-state index contributed by atoms with van der Waals surface area (Å²) in [5.41, 5.74) is 2.03. The molecule has 162 valence electrons. The number of carbonyl (C=O) groups excluding carboxylic acids is 1. The number of fused-ring (bicyclic) bond motifs is 1. The Morgan fingerprint density at radius 3 is 2.68 bits per heavy atom. The number of aryl methyl sites for hydroxylation is 1. The fourth-order valence-corrected chi connectivity index (χ4v) is 5.04. The first-order valence-corrected chi connectivity index (χ1v) is 11.2. The minimum Gasteiger partial charge on any atom is -0.497 e. The second-order valence-electron chi connectivity index (χ2n) is 7.28. The van der Waals surface area contributed by atoms with E-state index in [1.54, 1.807) is 42.3 Å². The molecule has 0 saturated carbocycles. The van der Waals surface area contributed by atoms with E-state index in [1.807, 2.05) is 12.1 Å². The summed E-state index contributed by atoms with van der Waals surface area (Å²) in [4.78, 5) is 17.4. The SMILES string of the molecule is COc1ccc(S(=O)(=O)N2Cc3cn(C)nc3C(C(=O)NCc3ccccn3)C2)cc1. The van der Waals surface area contributed by atoms with Crippen molar-refractivity contribution in [2.24, 2.45) is 7.05 Å². The van der Waals surface area contributed by atoms with Crippen molar-refractivity contribution in [3.05, 3.63) is 71.8 Å². The average molecular weight is 442 g/mol. The highest BCUT2D eigenvalue weighted by Crippen LogP contribution is 2.31. The van der Waals surface area contributed by atoms with Gasteiger partial charge in [-0.25, -0.2) is 8.42 Å². The largest absolute Gasteiger partial charge is 0.497 e. The Labute approximate surface area is 180 Å². The highest BCUT2D eigenvalue weighted by Gasteiger charge is 2.38. The van der Waals surface area contributed by atoms with Gasteiger partial charge in [0.2, 0.25) is 15.9 Å². The fraction of sp³-hybridized carbons (Fsp3) is 0.286. The van der Waals surface area contributed by atoms with Gasteiger partial charge in [0.1, 0.15) is 5.75 Å². The third kappa shape index (κ3) is 4.30. The molecule has 1 aromatic carbocycles. The first-order chi connectivity index (χ1) is 14.9. The quantitative estimate of drug-likeness (QED) is 0.620. The molecular weight excluding hydrogens is 418 g/mol. The zero-order valence-corrected chi connectivity index (χ0v) is 18.0. The molecule has 10 heteroatoms. The lowest BCUT2D eigenvalue weighted by molar-refractivity contribution is -0.123. The molecule has 0 aliphatic carbocycles. The van der Waals surface area contributed by atoms with Crippen molar-refractivity contribution in [2.45, 2.75) is 23.9 Å². The number of hydrogen-bond donors (Lipinski definition) is 1. The number of benzene rings is 1. The van der Waals surface area contributed by atoms with Gasteiger partial charge in [0.25, 0.3) is 0 Å². The first-order valence-electron chi connectivity index (χ1n) is 9.72. The van der Waals surface area contributed by atoms with Crippen LogP contribution in [0.15, 0.2) is 59.8 Å². The van der Waals surface area contributed by atoms with Gasteiger partial charge in [0.05, 0.1) is 35.9 Å². The van der Waals surface area contributed by atoms with Crippen LogP contribution in [-0.4, -0.2) is 47.0 Å². The summed E-state index contributed by atoms with van der Waals surface area (Å²) in [7, 11) is -0.532. The summed E-state index contributed by atoms with van der Waals surface area (Å²) < 4.78 is 34.6. The third-order valence-electron chi connectivity index (χ3n) is 5.18. The maximum atomic E-state index is 13.3. The van der Waals surface area contributed by atoms with E-state index in [4.69, 9.17) is 4.74 Å². The standard InChI is InChI=1S/C21H23N5O4S/c1-25-12-15-13-26(31(28,29)18-8-6-17(30-2)7-9-18)14-19(20(15)24-25)21(27)23-11-16-5-3-4-10-22-16/h3-10,12,19H,11,13-14H2,1-2H3,(H,23,27). The summed E-state index contributed by atoms with van der Waals surface area (Å²) in [6.45, 7) is 0.414. The Hall–Kier alpha value is -3.24. The Morgan fingerprint density at radius 1 is 1.23 bits per heavy atom. The highest BCUT2D eigenvalue weighted by atomic mass is 32.2. The maximum absolute atomic E-state index is 13.3. The minimum absolute atomic E-state index is 0.00638. The van der Waals surface area contributed by atoms with Gasteiger partial charge in [-0.3, -0.25) is 14.5 Å². The Bertz CT molecular complexity index is 1180. The van der Waals surface area contributed by atoms with Crippen molar-refractivity contribution in [1.82, 2.24) is 24.4 Å². The number of carbonyl (C=O) groups is 1. The molecule has 1 unspecified atom stereocenters. The Morgan fingerprint density at radius 2 is 2.00 bits per heavy atom. The highest BCUT2D eigenvalue weighted by molar-refractivity contribution is 7.89. The topological polar surface area (TPSA) is 106 Å². The first kappa shape index (κ1) is 21.0. The van der Waals surface area contributed by atoms with Crippen LogP contribution in [0.25, 0.3) is 0 Å². The molecule has 0 bridgehead atoms. The van der Waals surface area contributed by atoms with Crippen LogP contribution in [0.1, 0.15) is 22.9 Å². The molecule has 0 saturated heterocycles. The van der Waals surface area contributed by atoms with E-state index in [1.165, 1.54) is 23.5 Å². The van der Waals surface area contributed by atoms with Crippen LogP contribution in [0, 0.1) is 0 Å². The smallest absolute Gasteiger partial charge is 0.243 e. The number of pyridine rings is 1. The van der Waals surface area contributed by atoms with E-state index in [9.17, 15) is 13.2 Å². The molecule has 9 nitrogen and oxygen atoms in total. The summed E-state index contributed by atoms with van der Waals surface area (Å²) in [5, 5.41) is 7.28. The zero-order valence-electron chi connectivity index (χ0n) is 17.2. The molecule has 1 aliphatic rings. The molecule has 2 aromatic heterocycles. The molecule has 3 aromatic rings. The molecule has 3 heterocycles. The summed E-state index contributed by atoms with van der Waals surface area (Å²) >= 11 is 0. The lowest BCUT2D eigenvalue weighted by Gasteiger charge is -2.30. The van der Waals surface area contributed by atoms with E-state index in [0.717, 1.165) is 5.69 Å².